The van der Waals surface area contributed by atoms with Crippen LogP contribution in [-0.4, -0.2) is 33.0 Å². The molecule has 2 N–H and O–H groups in total. The molecule has 2 aliphatic carbocycles. The molecule has 2 aromatic rings. The summed E-state index contributed by atoms with van der Waals surface area (Å²) in [7, 11) is 0. The van der Waals surface area contributed by atoms with Crippen molar-refractivity contribution in [2.24, 2.45) is 0 Å². The van der Waals surface area contributed by atoms with Gasteiger partial charge >= 0.3 is 0 Å². The van der Waals surface area contributed by atoms with Crippen LogP contribution in [-0.2, 0) is 4.74 Å². The summed E-state index contributed by atoms with van der Waals surface area (Å²) < 4.78 is 31.9. The number of ether oxygens (including phenoxy) is 1. The van der Waals surface area contributed by atoms with E-state index < -0.39 is 34.4 Å². The fraction of sp³-hybridized carbons (Fsp3) is 0.154. The first-order valence-electron chi connectivity index (χ1n) is 10.2. The highest BCUT2D eigenvalue weighted by Crippen LogP contribution is 2.30. The monoisotopic (exact) mass is 450 g/mol. The van der Waals surface area contributed by atoms with E-state index in [1.54, 1.807) is 12.2 Å². The Bertz CT molecular complexity index is 1110. The van der Waals surface area contributed by atoms with E-state index in [2.05, 4.69) is 0 Å². The second kappa shape index (κ2) is 8.69. The van der Waals surface area contributed by atoms with Crippen LogP contribution in [0.5, 0.6) is 0 Å². The molecule has 2 atom stereocenters. The number of ketones is 2. The van der Waals surface area contributed by atoms with Crippen molar-refractivity contribution in [2.45, 2.75) is 24.0 Å². The number of carbonyl (C=O) groups excluding carboxylic acids is 2. The third kappa shape index (κ3) is 4.74. The highest BCUT2D eigenvalue weighted by molar-refractivity contribution is 6.04. The first kappa shape index (κ1) is 22.5. The van der Waals surface area contributed by atoms with Crippen LogP contribution in [0.2, 0.25) is 0 Å². The van der Waals surface area contributed by atoms with Gasteiger partial charge in [-0.15, -0.1) is 0 Å². The summed E-state index contributed by atoms with van der Waals surface area (Å²) >= 11 is 0. The van der Waals surface area contributed by atoms with Crippen LogP contribution in [0.15, 0.2) is 96.5 Å². The zero-order valence-electron chi connectivity index (χ0n) is 17.4. The van der Waals surface area contributed by atoms with Gasteiger partial charge < -0.3 is 14.9 Å². The summed E-state index contributed by atoms with van der Waals surface area (Å²) in [6, 6.07) is 9.84. The van der Waals surface area contributed by atoms with Gasteiger partial charge in [0.05, 0.1) is 0 Å². The van der Waals surface area contributed by atoms with Crippen molar-refractivity contribution in [3.63, 3.8) is 0 Å². The molecule has 2 aliphatic rings. The van der Waals surface area contributed by atoms with Gasteiger partial charge in [0, 0.05) is 24.0 Å². The molecule has 5 nitrogen and oxygen atoms in total. The van der Waals surface area contributed by atoms with E-state index in [4.69, 9.17) is 4.74 Å². The fourth-order valence-electron chi connectivity index (χ4n) is 3.55. The Labute approximate surface area is 188 Å². The van der Waals surface area contributed by atoms with Gasteiger partial charge in [-0.1, -0.05) is 0 Å². The Kier molecular flexibility index (Phi) is 5.93. The van der Waals surface area contributed by atoms with Gasteiger partial charge in [0.1, 0.15) is 34.4 Å². The molecule has 2 unspecified atom stereocenters. The maximum Gasteiger partial charge on any atom is 0.198 e. The molecular weight excluding hydrogens is 430 g/mol. The van der Waals surface area contributed by atoms with Crippen molar-refractivity contribution in [3.8, 4) is 0 Å². The molecule has 0 radical (unpaired) electrons. The van der Waals surface area contributed by atoms with E-state index in [0.717, 1.165) is 24.3 Å². The molecule has 0 saturated heterocycles. The van der Waals surface area contributed by atoms with Gasteiger partial charge in [-0.05, 0) is 85.0 Å². The molecule has 0 bridgehead atoms. The molecule has 7 heteroatoms. The number of hydrogen-bond donors (Lipinski definition) is 2. The maximum absolute atomic E-state index is 13.1. The molecule has 2 aromatic carbocycles. The molecule has 0 aromatic heterocycles. The SMILES string of the molecule is O=C(c1ccc(F)cc1)C1(O)C=CC(OC2=CCC(O)(C(=O)c3ccc(F)cc3)C=C2)=CC1. The number of carbonyl (C=O) groups is 2. The van der Waals surface area contributed by atoms with Crippen molar-refractivity contribution in [3.05, 3.63) is 119 Å². The average molecular weight is 450 g/mol. The van der Waals surface area contributed by atoms with Crippen LogP contribution in [0.1, 0.15) is 33.6 Å². The number of rotatable bonds is 6. The Hall–Kier alpha value is -3.68. The minimum absolute atomic E-state index is 0.0426. The molecule has 0 amide bonds. The first-order valence-corrected chi connectivity index (χ1v) is 10.2. The topological polar surface area (TPSA) is 83.8 Å². The number of allylic oxidation sites excluding steroid dienone is 2. The zero-order chi connectivity index (χ0) is 23.6. The summed E-state index contributed by atoms with van der Waals surface area (Å²) in [4.78, 5) is 25.2. The Morgan fingerprint density at radius 1 is 0.697 bits per heavy atom. The lowest BCUT2D eigenvalue weighted by molar-refractivity contribution is 0.0521. The molecule has 0 saturated carbocycles. The molecule has 168 valence electrons. The van der Waals surface area contributed by atoms with Gasteiger partial charge in [0.2, 0.25) is 0 Å². The fourth-order valence-corrected chi connectivity index (χ4v) is 3.55. The van der Waals surface area contributed by atoms with Gasteiger partial charge in [-0.25, -0.2) is 8.78 Å². The number of halogens is 2. The second-order valence-electron chi connectivity index (χ2n) is 7.91. The lowest BCUT2D eigenvalue weighted by Gasteiger charge is -2.27. The average Bonchev–Trinajstić information content (AvgIpc) is 2.82. The third-order valence-electron chi connectivity index (χ3n) is 5.51. The van der Waals surface area contributed by atoms with Gasteiger partial charge in [-0.2, -0.15) is 0 Å². The van der Waals surface area contributed by atoms with E-state index >= 15 is 0 Å². The maximum atomic E-state index is 13.1. The Morgan fingerprint density at radius 3 is 1.36 bits per heavy atom. The molecule has 33 heavy (non-hydrogen) atoms. The summed E-state index contributed by atoms with van der Waals surface area (Å²) in [6.45, 7) is 0. The van der Waals surface area contributed by atoms with Crippen molar-refractivity contribution in [1.82, 2.24) is 0 Å². The summed E-state index contributed by atoms with van der Waals surface area (Å²) in [5, 5.41) is 21.4. The van der Waals surface area contributed by atoms with Crippen LogP contribution >= 0.6 is 0 Å². The molecule has 0 heterocycles. The number of benzene rings is 2. The molecule has 0 spiro atoms. The molecular formula is C26H20F2O5. The largest absolute Gasteiger partial charge is 0.458 e. The van der Waals surface area contributed by atoms with Gasteiger partial charge in [0.25, 0.3) is 0 Å². The molecule has 0 aliphatic heterocycles. The number of Topliss-reactive ketones (excluding diaryl/α,β-unsaturated/α-hetero) is 2. The minimum Gasteiger partial charge on any atom is -0.458 e. The van der Waals surface area contributed by atoms with Gasteiger partial charge in [-0.3, -0.25) is 9.59 Å². The molecule has 0 fully saturated rings. The Morgan fingerprint density at radius 2 is 1.06 bits per heavy atom. The summed E-state index contributed by atoms with van der Waals surface area (Å²) in [5.41, 5.74) is -3.18. The van der Waals surface area contributed by atoms with E-state index in [1.807, 2.05) is 0 Å². The number of hydrogen-bond acceptors (Lipinski definition) is 5. The van der Waals surface area contributed by atoms with Crippen LogP contribution in [0, 0.1) is 11.6 Å². The standard InChI is InChI=1S/C26H20F2O5/c27-19-5-1-17(2-6-19)23(29)25(31)13-9-21(10-14-25)33-22-11-15-26(32,16-12-22)24(30)18-3-7-20(28)8-4-18/h1-13,15,31-32H,14,16H2. The highest BCUT2D eigenvalue weighted by Gasteiger charge is 2.36. The number of aliphatic hydroxyl groups is 2. The van der Waals surface area contributed by atoms with Crippen molar-refractivity contribution in [2.75, 3.05) is 0 Å². The first-order chi connectivity index (χ1) is 15.7. The smallest absolute Gasteiger partial charge is 0.198 e. The predicted molar refractivity (Wildman–Crippen MR) is 116 cm³/mol. The second-order valence-corrected chi connectivity index (χ2v) is 7.91. The lowest BCUT2D eigenvalue weighted by Crippen LogP contribution is -2.37. The highest BCUT2D eigenvalue weighted by atomic mass is 19.1. The lowest BCUT2D eigenvalue weighted by atomic mass is 9.86. The third-order valence-corrected chi connectivity index (χ3v) is 5.51. The van der Waals surface area contributed by atoms with Gasteiger partial charge in [0.15, 0.2) is 11.6 Å². The van der Waals surface area contributed by atoms with E-state index in [1.165, 1.54) is 48.6 Å². The quantitative estimate of drug-likeness (QED) is 0.645. The Balaban J connectivity index is 1.39. The summed E-state index contributed by atoms with van der Waals surface area (Å²) in [6.07, 6.45) is 8.53. The summed E-state index contributed by atoms with van der Waals surface area (Å²) in [5.74, 6) is -1.33. The van der Waals surface area contributed by atoms with E-state index in [-0.39, 0.29) is 24.0 Å². The zero-order valence-corrected chi connectivity index (χ0v) is 17.4. The minimum atomic E-state index is -1.77. The molecule has 4 rings (SSSR count). The van der Waals surface area contributed by atoms with Crippen LogP contribution < -0.4 is 0 Å². The van der Waals surface area contributed by atoms with Crippen LogP contribution in [0.25, 0.3) is 0 Å². The van der Waals surface area contributed by atoms with Crippen molar-refractivity contribution in [1.29, 1.82) is 0 Å². The van der Waals surface area contributed by atoms with E-state index in [0.29, 0.717) is 11.5 Å². The predicted octanol–water partition coefficient (Wildman–Crippen LogP) is 4.20. The normalized spacial score (nSPS) is 24.1. The van der Waals surface area contributed by atoms with Crippen molar-refractivity contribution >= 4 is 11.6 Å². The van der Waals surface area contributed by atoms with Crippen LogP contribution in [0.3, 0.4) is 0 Å². The van der Waals surface area contributed by atoms with E-state index in [9.17, 15) is 28.6 Å². The van der Waals surface area contributed by atoms with Crippen molar-refractivity contribution < 1.29 is 33.3 Å². The van der Waals surface area contributed by atoms with Crippen LogP contribution in [0.4, 0.5) is 8.78 Å².